The van der Waals surface area contributed by atoms with Crippen LogP contribution in [0, 0.1) is 11.8 Å². The number of rotatable bonds is 5. The topological polar surface area (TPSA) is 74.4 Å². The van der Waals surface area contributed by atoms with Crippen molar-refractivity contribution >= 4 is 22.6 Å². The number of benzene rings is 2. The number of piperidine rings is 1. The molecule has 1 saturated carbocycles. The second-order valence-electron chi connectivity index (χ2n) is 16.6. The van der Waals surface area contributed by atoms with Crippen LogP contribution in [0.5, 0.6) is 5.75 Å². The molecule has 2 aliphatic carbocycles. The molecule has 0 radical (unpaired) electrons. The molecule has 282 valence electrons. The molecule has 4 heterocycles. The van der Waals surface area contributed by atoms with Crippen molar-refractivity contribution in [3.8, 4) is 5.75 Å². The van der Waals surface area contributed by atoms with Crippen molar-refractivity contribution in [2.24, 2.45) is 11.8 Å². The highest BCUT2D eigenvalue weighted by Gasteiger charge is 2.50. The molecule has 8 nitrogen and oxygen atoms in total. The summed E-state index contributed by atoms with van der Waals surface area (Å²) >= 11 is 0. The van der Waals surface area contributed by atoms with Crippen LogP contribution in [0.15, 0.2) is 54.6 Å². The molecule has 1 amide bonds. The molecule has 0 aromatic heterocycles. The van der Waals surface area contributed by atoms with Crippen LogP contribution < -0.4 is 14.4 Å². The second-order valence-corrected chi connectivity index (χ2v) is 18.1. The van der Waals surface area contributed by atoms with E-state index in [0.29, 0.717) is 36.7 Å². The van der Waals surface area contributed by atoms with E-state index in [0.717, 1.165) is 102 Å². The van der Waals surface area contributed by atoms with E-state index in [-0.39, 0.29) is 22.2 Å². The number of aryl methyl sites for hydroxylation is 1. The van der Waals surface area contributed by atoms with E-state index in [2.05, 4.69) is 69.7 Å². The summed E-state index contributed by atoms with van der Waals surface area (Å²) in [6.45, 7) is 12.8. The van der Waals surface area contributed by atoms with Crippen LogP contribution in [-0.4, -0.2) is 95.8 Å². The first-order valence-electron chi connectivity index (χ1n) is 20.5. The number of anilines is 1. The molecule has 5 unspecified atom stereocenters. The van der Waals surface area contributed by atoms with E-state index < -0.39 is 11.0 Å². The molecule has 1 N–H and O–H groups in total. The molecular formula is C43H60N4O4S. The molecule has 9 heteroatoms. The molecule has 8 rings (SSSR count). The van der Waals surface area contributed by atoms with Crippen molar-refractivity contribution in [2.45, 2.75) is 107 Å². The molecule has 1 spiro atoms. The maximum absolute atomic E-state index is 13.7. The van der Waals surface area contributed by atoms with Crippen LogP contribution in [0.1, 0.15) is 99.5 Å². The van der Waals surface area contributed by atoms with E-state index in [9.17, 15) is 9.00 Å². The summed E-state index contributed by atoms with van der Waals surface area (Å²) < 4.78 is 30.3. The lowest BCUT2D eigenvalue weighted by molar-refractivity contribution is -0.116. The number of carbonyl (C=O) groups excluding carboxylic acids is 1. The highest BCUT2D eigenvalue weighted by atomic mass is 32.2. The van der Waals surface area contributed by atoms with Gasteiger partial charge in [0.1, 0.15) is 22.3 Å². The molecule has 2 aromatic carbocycles. The predicted molar refractivity (Wildman–Crippen MR) is 209 cm³/mol. The lowest BCUT2D eigenvalue weighted by atomic mass is 9.63. The third-order valence-electron chi connectivity index (χ3n) is 13.6. The molecular weight excluding hydrogens is 669 g/mol. The maximum atomic E-state index is 13.7. The van der Waals surface area contributed by atoms with Gasteiger partial charge in [0, 0.05) is 62.9 Å². The van der Waals surface area contributed by atoms with Crippen LogP contribution in [0.2, 0.25) is 0 Å². The molecule has 2 aromatic rings. The summed E-state index contributed by atoms with van der Waals surface area (Å²) in [4.78, 5) is 21.7. The van der Waals surface area contributed by atoms with Gasteiger partial charge in [0.2, 0.25) is 0 Å². The molecule has 52 heavy (non-hydrogen) atoms. The smallest absolute Gasteiger partial charge is 0.263 e. The molecule has 2 bridgehead atoms. The number of fused-ring (bicyclic) bond motifs is 5. The van der Waals surface area contributed by atoms with Crippen LogP contribution in [0.3, 0.4) is 0 Å². The highest BCUT2D eigenvalue weighted by Crippen LogP contribution is 2.49. The summed E-state index contributed by atoms with van der Waals surface area (Å²) in [5, 5.41) is -0.120. The highest BCUT2D eigenvalue weighted by molar-refractivity contribution is 7.84. The van der Waals surface area contributed by atoms with Gasteiger partial charge >= 0.3 is 0 Å². The first-order valence-corrected chi connectivity index (χ1v) is 21.7. The van der Waals surface area contributed by atoms with E-state index in [1.807, 2.05) is 18.2 Å². The summed E-state index contributed by atoms with van der Waals surface area (Å²) in [7, 11) is -1.49. The average Bonchev–Trinajstić information content (AvgIpc) is 3.30. The number of hydrogen-bond acceptors (Lipinski definition) is 7. The third-order valence-corrected chi connectivity index (χ3v) is 15.1. The van der Waals surface area contributed by atoms with Gasteiger partial charge in [-0.2, -0.15) is 0 Å². The number of amides is 1. The van der Waals surface area contributed by atoms with Crippen LogP contribution in [0.4, 0.5) is 5.69 Å². The molecule has 3 fully saturated rings. The quantitative estimate of drug-likeness (QED) is 0.346. The zero-order valence-corrected chi connectivity index (χ0v) is 32.3. The molecule has 7 atom stereocenters. The zero-order valence-electron chi connectivity index (χ0n) is 31.5. The van der Waals surface area contributed by atoms with Gasteiger partial charge in [0.05, 0.1) is 17.5 Å². The number of allylic oxidation sites excluding steroid dienone is 1. The molecule has 6 aliphatic rings. The van der Waals surface area contributed by atoms with Gasteiger partial charge in [-0.1, -0.05) is 49.8 Å². The predicted octanol–water partition coefficient (Wildman–Crippen LogP) is 6.65. The van der Waals surface area contributed by atoms with Crippen LogP contribution in [-0.2, 0) is 27.6 Å². The normalized spacial score (nSPS) is 34.8. The second kappa shape index (κ2) is 15.6. The number of ether oxygens (including phenoxy) is 2. The minimum Gasteiger partial charge on any atom is -0.490 e. The van der Waals surface area contributed by atoms with Crippen LogP contribution in [0.25, 0.3) is 0 Å². The Hall–Kier alpha value is -2.72. The van der Waals surface area contributed by atoms with Gasteiger partial charge in [-0.3, -0.25) is 19.3 Å². The van der Waals surface area contributed by atoms with Gasteiger partial charge in [-0.25, -0.2) is 4.21 Å². The minimum absolute atomic E-state index is 0.120. The summed E-state index contributed by atoms with van der Waals surface area (Å²) in [5.74, 6) is 1.38. The fraction of sp³-hybridized carbons (Fsp3) is 0.651. The summed E-state index contributed by atoms with van der Waals surface area (Å²) in [5.41, 5.74) is 3.85. The van der Waals surface area contributed by atoms with Crippen molar-refractivity contribution in [1.29, 1.82) is 0 Å². The fourth-order valence-electron chi connectivity index (χ4n) is 10.7. The van der Waals surface area contributed by atoms with E-state index in [4.69, 9.17) is 9.47 Å². The van der Waals surface area contributed by atoms with Gasteiger partial charge in [-0.05, 0) is 119 Å². The number of nitrogens with zero attached hydrogens (tertiary/aromatic N) is 3. The average molecular weight is 729 g/mol. The van der Waals surface area contributed by atoms with Gasteiger partial charge < -0.3 is 14.4 Å². The first kappa shape index (κ1) is 36.3. The fourth-order valence-corrected chi connectivity index (χ4v) is 11.8. The first-order chi connectivity index (χ1) is 25.4. The summed E-state index contributed by atoms with van der Waals surface area (Å²) in [6.07, 6.45) is 16.7. The molecule has 2 saturated heterocycles. The zero-order chi connectivity index (χ0) is 35.7. The standard InChI is InChI=1S/C43H60N4O4S/c1-3-36-15-7-9-22-43(51-4-2,30-45-24-25-46-23-10-8-14-35(46)28-45)38-19-17-34(38)27-47-29-42(21-11-13-32-12-5-6-16-37(32)42)31-50-40-20-18-33(26-39(40)47)41(48)44-52(36)49/h5-6,9,12,16,18,20,22,26,34-36,38H,3-4,7-8,10-11,13-15,17,19,21,23-25,27-31H2,1-2H3,(H,44,48)/b22-9+/t34?,35?,36?,38?,42-,43-,52?/m0/s1. The minimum atomic E-state index is -1.49. The number of hydrogen-bond donors (Lipinski definition) is 1. The molecule has 4 aliphatic heterocycles. The van der Waals surface area contributed by atoms with E-state index in [1.54, 1.807) is 0 Å². The Morgan fingerprint density at radius 2 is 1.90 bits per heavy atom. The Morgan fingerprint density at radius 3 is 2.75 bits per heavy atom. The Kier molecular flexibility index (Phi) is 10.9. The number of nitrogens with one attached hydrogen (secondary N) is 1. The largest absolute Gasteiger partial charge is 0.490 e. The van der Waals surface area contributed by atoms with Crippen molar-refractivity contribution in [2.75, 3.05) is 63.9 Å². The Labute approximate surface area is 314 Å². The lowest BCUT2D eigenvalue weighted by Gasteiger charge is -2.53. The van der Waals surface area contributed by atoms with Crippen molar-refractivity contribution < 1.29 is 18.5 Å². The summed E-state index contributed by atoms with van der Waals surface area (Å²) in [6, 6.07) is 15.5. The Balaban J connectivity index is 1.17. The SMILES string of the molecule is CCO[C@]1(CN2CCN3CCCCC3C2)/C=C/CCC(CC)S(=O)NC(=O)c2ccc3c(c2)N(CC2CCC21)C[C@@]1(CCCc2ccccc21)CO3. The van der Waals surface area contributed by atoms with Crippen molar-refractivity contribution in [3.05, 3.63) is 71.3 Å². The maximum Gasteiger partial charge on any atom is 0.263 e. The Morgan fingerprint density at radius 1 is 1.00 bits per heavy atom. The lowest BCUT2D eigenvalue weighted by Crippen LogP contribution is -2.61. The number of piperazine rings is 1. The number of carbonyl (C=O) groups is 1. The van der Waals surface area contributed by atoms with Gasteiger partial charge in [-0.15, -0.1) is 0 Å². The van der Waals surface area contributed by atoms with Gasteiger partial charge in [0.25, 0.3) is 5.91 Å². The van der Waals surface area contributed by atoms with E-state index >= 15 is 0 Å². The monoisotopic (exact) mass is 728 g/mol. The van der Waals surface area contributed by atoms with Gasteiger partial charge in [0.15, 0.2) is 0 Å². The van der Waals surface area contributed by atoms with Crippen molar-refractivity contribution in [3.63, 3.8) is 0 Å². The van der Waals surface area contributed by atoms with Crippen LogP contribution >= 0.6 is 0 Å². The van der Waals surface area contributed by atoms with E-state index in [1.165, 1.54) is 36.9 Å². The Bertz CT molecular complexity index is 1650. The van der Waals surface area contributed by atoms with Crippen molar-refractivity contribution in [1.82, 2.24) is 14.5 Å². The third kappa shape index (κ3) is 7.12.